The van der Waals surface area contributed by atoms with Crippen LogP contribution in [0.3, 0.4) is 0 Å². The highest BCUT2D eigenvalue weighted by molar-refractivity contribution is 5.85. The van der Waals surface area contributed by atoms with E-state index in [-0.39, 0.29) is 17.4 Å². The summed E-state index contributed by atoms with van der Waals surface area (Å²) in [4.78, 5) is 16.3. The number of oxime groups is 1. The Morgan fingerprint density at radius 2 is 2.04 bits per heavy atom. The number of hydrogen-bond acceptors (Lipinski definition) is 11. The molecule has 12 heteroatoms. The van der Waals surface area contributed by atoms with E-state index < -0.39 is 42.8 Å². The summed E-state index contributed by atoms with van der Waals surface area (Å²) in [5.41, 5.74) is -0.778. The highest BCUT2D eigenvalue weighted by Crippen LogP contribution is 2.23. The van der Waals surface area contributed by atoms with Crippen LogP contribution in [0.5, 0.6) is 6.01 Å². The minimum atomic E-state index is -1.60. The molecule has 1 saturated heterocycles. The van der Waals surface area contributed by atoms with Crippen molar-refractivity contribution in [3.05, 3.63) is 15.9 Å². The molecule has 0 aromatic carbocycles. The van der Waals surface area contributed by atoms with Gasteiger partial charge in [0.15, 0.2) is 6.23 Å². The number of anilines is 1. The lowest BCUT2D eigenvalue weighted by Crippen LogP contribution is -2.60. The maximum Gasteiger partial charge on any atom is 0.300 e. The van der Waals surface area contributed by atoms with Gasteiger partial charge in [-0.2, -0.15) is 4.98 Å². The standard InChI is InChI=1S/C13H20N4O8/c1-17-12(22)5(3-14-23)10(16-13(17)24-2)15-11-9(21)8(20)7(19)6(4-18)25-11/h3,6-9,11,15,18-21,23H,4H2,1-2H3/b14-3+. The van der Waals surface area contributed by atoms with Crippen molar-refractivity contribution in [2.24, 2.45) is 12.2 Å². The minimum absolute atomic E-state index is 0.0767. The second-order valence-electron chi connectivity index (χ2n) is 5.36. The van der Waals surface area contributed by atoms with Gasteiger partial charge in [0, 0.05) is 7.05 Å². The number of methoxy groups -OCH3 is 1. The first kappa shape index (κ1) is 19.1. The average molecular weight is 360 g/mol. The van der Waals surface area contributed by atoms with Crippen LogP contribution in [0.15, 0.2) is 9.95 Å². The molecule has 140 valence electrons. The van der Waals surface area contributed by atoms with Crippen LogP contribution in [0.2, 0.25) is 0 Å². The summed E-state index contributed by atoms with van der Waals surface area (Å²) in [5, 5.41) is 53.0. The Morgan fingerprint density at radius 3 is 2.60 bits per heavy atom. The van der Waals surface area contributed by atoms with E-state index in [2.05, 4.69) is 15.5 Å². The fourth-order valence-electron chi connectivity index (χ4n) is 2.42. The Hall–Kier alpha value is -2.25. The molecular weight excluding hydrogens is 340 g/mol. The highest BCUT2D eigenvalue weighted by Gasteiger charge is 2.43. The largest absolute Gasteiger partial charge is 0.468 e. The second-order valence-corrected chi connectivity index (χ2v) is 5.36. The molecule has 5 atom stereocenters. The van der Waals surface area contributed by atoms with Crippen LogP contribution in [-0.2, 0) is 11.8 Å². The molecule has 0 bridgehead atoms. The van der Waals surface area contributed by atoms with Crippen molar-refractivity contribution in [2.45, 2.75) is 30.6 Å². The quantitative estimate of drug-likeness (QED) is 0.178. The van der Waals surface area contributed by atoms with E-state index in [9.17, 15) is 25.2 Å². The number of aliphatic hydroxyl groups excluding tert-OH is 4. The van der Waals surface area contributed by atoms with E-state index in [4.69, 9.17) is 14.7 Å². The summed E-state index contributed by atoms with van der Waals surface area (Å²) in [6.07, 6.45) is -6.34. The summed E-state index contributed by atoms with van der Waals surface area (Å²) in [7, 11) is 2.68. The summed E-state index contributed by atoms with van der Waals surface area (Å²) in [5.74, 6) is -0.151. The zero-order valence-electron chi connectivity index (χ0n) is 13.5. The van der Waals surface area contributed by atoms with Crippen LogP contribution >= 0.6 is 0 Å². The molecule has 12 nitrogen and oxygen atoms in total. The maximum absolute atomic E-state index is 12.3. The van der Waals surface area contributed by atoms with E-state index >= 15 is 0 Å². The molecule has 2 heterocycles. The molecule has 5 unspecified atom stereocenters. The van der Waals surface area contributed by atoms with Crippen molar-refractivity contribution in [1.82, 2.24) is 9.55 Å². The van der Waals surface area contributed by atoms with Gasteiger partial charge in [0.05, 0.1) is 19.9 Å². The molecule has 1 aromatic rings. The van der Waals surface area contributed by atoms with Crippen LogP contribution in [0.1, 0.15) is 5.56 Å². The lowest BCUT2D eigenvalue weighted by molar-refractivity contribution is -0.221. The van der Waals surface area contributed by atoms with Crippen LogP contribution in [0.25, 0.3) is 0 Å². The molecular formula is C13H20N4O8. The van der Waals surface area contributed by atoms with Gasteiger partial charge in [0.1, 0.15) is 35.8 Å². The summed E-state index contributed by atoms with van der Waals surface area (Å²) in [6.45, 7) is -0.610. The normalized spacial score (nSPS) is 29.8. The first-order valence-corrected chi connectivity index (χ1v) is 7.25. The van der Waals surface area contributed by atoms with Gasteiger partial charge < -0.3 is 40.4 Å². The lowest BCUT2D eigenvalue weighted by atomic mass is 9.98. The number of nitrogens with one attached hydrogen (secondary N) is 1. The number of nitrogens with zero attached hydrogens (tertiary/aromatic N) is 3. The molecule has 1 fully saturated rings. The van der Waals surface area contributed by atoms with E-state index in [0.29, 0.717) is 0 Å². The first-order valence-electron chi connectivity index (χ1n) is 7.25. The predicted molar refractivity (Wildman–Crippen MR) is 82.8 cm³/mol. The third kappa shape index (κ3) is 3.57. The van der Waals surface area contributed by atoms with Crippen LogP contribution in [-0.4, -0.2) is 85.8 Å². The molecule has 25 heavy (non-hydrogen) atoms. The van der Waals surface area contributed by atoms with Gasteiger partial charge in [0.25, 0.3) is 5.56 Å². The van der Waals surface area contributed by atoms with Crippen molar-refractivity contribution in [1.29, 1.82) is 0 Å². The molecule has 0 radical (unpaired) electrons. The Labute approximate surface area is 141 Å². The average Bonchev–Trinajstić information content (AvgIpc) is 2.61. The summed E-state index contributed by atoms with van der Waals surface area (Å²) in [6, 6.07) is -0.0767. The summed E-state index contributed by atoms with van der Waals surface area (Å²) >= 11 is 0. The second kappa shape index (κ2) is 7.76. The molecule has 1 aliphatic heterocycles. The van der Waals surface area contributed by atoms with Crippen molar-refractivity contribution in [3.8, 4) is 6.01 Å². The number of aromatic nitrogens is 2. The van der Waals surface area contributed by atoms with Gasteiger partial charge in [-0.25, -0.2) is 0 Å². The molecule has 0 saturated carbocycles. The van der Waals surface area contributed by atoms with Crippen LogP contribution < -0.4 is 15.6 Å². The Bertz CT molecular complexity index is 691. The molecule has 0 spiro atoms. The SMILES string of the molecule is COc1nc(NC2OC(CO)C(O)C(O)C2O)c(/C=N/O)c(=O)n1C. The van der Waals surface area contributed by atoms with Crippen molar-refractivity contribution < 1.29 is 35.1 Å². The van der Waals surface area contributed by atoms with Crippen LogP contribution in [0, 0.1) is 0 Å². The van der Waals surface area contributed by atoms with E-state index in [1.165, 1.54) is 14.2 Å². The van der Waals surface area contributed by atoms with Crippen molar-refractivity contribution >= 4 is 12.0 Å². The van der Waals surface area contributed by atoms with Gasteiger partial charge in [-0.15, -0.1) is 0 Å². The van der Waals surface area contributed by atoms with Gasteiger partial charge in [0.2, 0.25) is 0 Å². The Morgan fingerprint density at radius 1 is 1.36 bits per heavy atom. The molecule has 2 rings (SSSR count). The monoisotopic (exact) mass is 360 g/mol. The molecule has 0 amide bonds. The predicted octanol–water partition coefficient (Wildman–Crippen LogP) is -3.19. The van der Waals surface area contributed by atoms with Gasteiger partial charge in [-0.05, 0) is 0 Å². The molecule has 1 aliphatic rings. The number of aliphatic hydroxyl groups is 4. The Balaban J connectivity index is 2.41. The minimum Gasteiger partial charge on any atom is -0.468 e. The van der Waals surface area contributed by atoms with Gasteiger partial charge in [-0.3, -0.25) is 9.36 Å². The number of hydrogen-bond donors (Lipinski definition) is 6. The topological polar surface area (TPSA) is 179 Å². The fraction of sp³-hybridized carbons (Fsp3) is 0.615. The molecule has 6 N–H and O–H groups in total. The highest BCUT2D eigenvalue weighted by atomic mass is 16.6. The van der Waals surface area contributed by atoms with E-state index in [0.717, 1.165) is 10.8 Å². The van der Waals surface area contributed by atoms with E-state index in [1.807, 2.05) is 0 Å². The zero-order chi connectivity index (χ0) is 18.7. The van der Waals surface area contributed by atoms with Crippen molar-refractivity contribution in [2.75, 3.05) is 19.0 Å². The third-order valence-corrected chi connectivity index (χ3v) is 3.83. The lowest BCUT2D eigenvalue weighted by Gasteiger charge is -2.40. The molecule has 0 aliphatic carbocycles. The zero-order valence-corrected chi connectivity index (χ0v) is 13.5. The number of ether oxygens (including phenoxy) is 2. The first-order chi connectivity index (χ1) is 11.8. The smallest absolute Gasteiger partial charge is 0.300 e. The number of rotatable bonds is 5. The maximum atomic E-state index is 12.3. The van der Waals surface area contributed by atoms with Crippen molar-refractivity contribution in [3.63, 3.8) is 0 Å². The fourth-order valence-corrected chi connectivity index (χ4v) is 2.42. The third-order valence-electron chi connectivity index (χ3n) is 3.83. The van der Waals surface area contributed by atoms with E-state index in [1.54, 1.807) is 0 Å². The van der Waals surface area contributed by atoms with Gasteiger partial charge in [-0.1, -0.05) is 5.16 Å². The summed E-state index contributed by atoms with van der Waals surface area (Å²) < 4.78 is 11.3. The molecule has 1 aromatic heterocycles. The Kier molecular flexibility index (Phi) is 5.92. The van der Waals surface area contributed by atoms with Crippen LogP contribution in [0.4, 0.5) is 5.82 Å². The van der Waals surface area contributed by atoms with Gasteiger partial charge >= 0.3 is 6.01 Å².